The lowest BCUT2D eigenvalue weighted by atomic mass is 10.1. The predicted octanol–water partition coefficient (Wildman–Crippen LogP) is 1.06. The van der Waals surface area contributed by atoms with Crippen LogP contribution in [0.3, 0.4) is 0 Å². The highest BCUT2D eigenvalue weighted by atomic mass is 16.1. The minimum Gasteiger partial charge on any atom is -0.300 e. The molecule has 1 unspecified atom stereocenters. The molecule has 1 aliphatic carbocycles. The van der Waals surface area contributed by atoms with E-state index in [0.717, 1.165) is 37.9 Å². The van der Waals surface area contributed by atoms with Crippen molar-refractivity contribution in [2.24, 2.45) is 5.92 Å². The molecule has 1 saturated carbocycles. The molecule has 0 amide bonds. The van der Waals surface area contributed by atoms with E-state index < -0.39 is 0 Å². The van der Waals surface area contributed by atoms with Crippen molar-refractivity contribution in [2.75, 3.05) is 13.1 Å². The van der Waals surface area contributed by atoms with Crippen molar-refractivity contribution in [1.82, 2.24) is 4.90 Å². The summed E-state index contributed by atoms with van der Waals surface area (Å²) in [5.74, 6) is 1.35. The zero-order valence-electron chi connectivity index (χ0n) is 7.05. The summed E-state index contributed by atoms with van der Waals surface area (Å²) in [6.07, 6.45) is 2.95. The quantitative estimate of drug-likeness (QED) is 0.561. The van der Waals surface area contributed by atoms with Crippen LogP contribution >= 0.6 is 0 Å². The first-order chi connectivity index (χ1) is 5.27. The predicted molar refractivity (Wildman–Crippen MR) is 43.4 cm³/mol. The fourth-order valence-corrected chi connectivity index (χ4v) is 1.92. The molecule has 1 saturated heterocycles. The van der Waals surface area contributed by atoms with Gasteiger partial charge in [-0.25, -0.2) is 0 Å². The molecule has 1 aliphatic heterocycles. The van der Waals surface area contributed by atoms with Gasteiger partial charge in [0.25, 0.3) is 0 Å². The van der Waals surface area contributed by atoms with Gasteiger partial charge in [0, 0.05) is 32.0 Å². The maximum absolute atomic E-state index is 10.9. The van der Waals surface area contributed by atoms with Gasteiger partial charge in [-0.3, -0.25) is 9.69 Å². The van der Waals surface area contributed by atoms with Crippen LogP contribution in [0.5, 0.6) is 0 Å². The Bertz CT molecular complexity index is 168. The molecule has 0 aromatic rings. The van der Waals surface area contributed by atoms with Crippen LogP contribution in [0.25, 0.3) is 0 Å². The molecular formula is C9H15NO. The van der Waals surface area contributed by atoms with Gasteiger partial charge in [0.05, 0.1) is 0 Å². The summed E-state index contributed by atoms with van der Waals surface area (Å²) < 4.78 is 0. The lowest BCUT2D eigenvalue weighted by Gasteiger charge is -2.25. The van der Waals surface area contributed by atoms with Crippen molar-refractivity contribution in [3.63, 3.8) is 0 Å². The van der Waals surface area contributed by atoms with Crippen LogP contribution in [0, 0.1) is 5.92 Å². The van der Waals surface area contributed by atoms with E-state index in [9.17, 15) is 4.79 Å². The molecule has 0 N–H and O–H groups in total. The summed E-state index contributed by atoms with van der Waals surface area (Å²) >= 11 is 0. The SMILES string of the molecule is CC1C[C@@H]1N1CCC(=O)CC1. The van der Waals surface area contributed by atoms with Crippen molar-refractivity contribution in [3.05, 3.63) is 0 Å². The molecule has 1 heterocycles. The number of likely N-dealkylation sites (tertiary alicyclic amines) is 1. The number of nitrogens with zero attached hydrogens (tertiary/aromatic N) is 1. The van der Waals surface area contributed by atoms with Crippen LogP contribution in [0.4, 0.5) is 0 Å². The van der Waals surface area contributed by atoms with Crippen molar-refractivity contribution >= 4 is 5.78 Å². The van der Waals surface area contributed by atoms with E-state index in [2.05, 4.69) is 11.8 Å². The first kappa shape index (κ1) is 7.29. The van der Waals surface area contributed by atoms with Crippen LogP contribution in [-0.2, 0) is 4.79 Å². The summed E-state index contributed by atoms with van der Waals surface area (Å²) in [7, 11) is 0. The Hall–Kier alpha value is -0.370. The van der Waals surface area contributed by atoms with Crippen LogP contribution in [0.2, 0.25) is 0 Å². The fourth-order valence-electron chi connectivity index (χ4n) is 1.92. The van der Waals surface area contributed by atoms with Crippen LogP contribution in [0.1, 0.15) is 26.2 Å². The van der Waals surface area contributed by atoms with Crippen LogP contribution in [0.15, 0.2) is 0 Å². The summed E-state index contributed by atoms with van der Waals surface area (Å²) in [4.78, 5) is 13.4. The number of rotatable bonds is 1. The van der Waals surface area contributed by atoms with Gasteiger partial charge in [0.1, 0.15) is 5.78 Å². The molecule has 2 fully saturated rings. The lowest BCUT2D eigenvalue weighted by Crippen LogP contribution is -2.36. The number of hydrogen-bond donors (Lipinski definition) is 0. The highest BCUT2D eigenvalue weighted by Crippen LogP contribution is 2.35. The topological polar surface area (TPSA) is 20.3 Å². The highest BCUT2D eigenvalue weighted by Gasteiger charge is 2.38. The average molecular weight is 153 g/mol. The fraction of sp³-hybridized carbons (Fsp3) is 0.889. The Balaban J connectivity index is 1.83. The van der Waals surface area contributed by atoms with E-state index in [1.165, 1.54) is 6.42 Å². The van der Waals surface area contributed by atoms with Gasteiger partial charge in [-0.1, -0.05) is 6.92 Å². The number of piperidine rings is 1. The Labute approximate surface area is 67.6 Å². The summed E-state index contributed by atoms with van der Waals surface area (Å²) in [6.45, 7) is 4.34. The molecule has 0 aromatic heterocycles. The van der Waals surface area contributed by atoms with Crippen LogP contribution < -0.4 is 0 Å². The number of carbonyl (C=O) groups excluding carboxylic acids is 1. The Morgan fingerprint density at radius 2 is 1.91 bits per heavy atom. The van der Waals surface area contributed by atoms with Gasteiger partial charge < -0.3 is 0 Å². The molecule has 0 aromatic carbocycles. The lowest BCUT2D eigenvalue weighted by molar-refractivity contribution is -0.121. The molecule has 0 bridgehead atoms. The standard InChI is InChI=1S/C9H15NO/c1-7-6-9(7)10-4-2-8(11)3-5-10/h7,9H,2-6H2,1H3/t7?,9-/m0/s1. The average Bonchev–Trinajstić information content (AvgIpc) is 2.69. The molecule has 2 heteroatoms. The molecular weight excluding hydrogens is 138 g/mol. The second kappa shape index (κ2) is 2.59. The van der Waals surface area contributed by atoms with E-state index in [1.54, 1.807) is 0 Å². The van der Waals surface area contributed by atoms with Crippen LogP contribution in [-0.4, -0.2) is 29.8 Å². The molecule has 2 nitrogen and oxygen atoms in total. The van der Waals surface area contributed by atoms with E-state index in [4.69, 9.17) is 0 Å². The third-order valence-corrected chi connectivity index (χ3v) is 2.89. The Morgan fingerprint density at radius 3 is 2.36 bits per heavy atom. The smallest absolute Gasteiger partial charge is 0.135 e. The molecule has 11 heavy (non-hydrogen) atoms. The van der Waals surface area contributed by atoms with Gasteiger partial charge in [-0.05, 0) is 12.3 Å². The van der Waals surface area contributed by atoms with Gasteiger partial charge in [-0.15, -0.1) is 0 Å². The van der Waals surface area contributed by atoms with E-state index in [-0.39, 0.29) is 0 Å². The minimum atomic E-state index is 0.453. The second-order valence-electron chi connectivity index (χ2n) is 3.85. The molecule has 2 atom stereocenters. The monoisotopic (exact) mass is 153 g/mol. The van der Waals surface area contributed by atoms with Gasteiger partial charge >= 0.3 is 0 Å². The maximum atomic E-state index is 10.9. The largest absolute Gasteiger partial charge is 0.300 e. The molecule has 62 valence electrons. The summed E-state index contributed by atoms with van der Waals surface area (Å²) in [5.41, 5.74) is 0. The number of ketones is 1. The minimum absolute atomic E-state index is 0.453. The van der Waals surface area contributed by atoms with Crippen molar-refractivity contribution in [1.29, 1.82) is 0 Å². The van der Waals surface area contributed by atoms with Crippen molar-refractivity contribution in [3.8, 4) is 0 Å². The number of Topliss-reactive ketones (excluding diaryl/α,β-unsaturated/α-hetero) is 1. The van der Waals surface area contributed by atoms with Gasteiger partial charge in [0.2, 0.25) is 0 Å². The van der Waals surface area contributed by atoms with Crippen molar-refractivity contribution < 1.29 is 4.79 Å². The number of carbonyl (C=O) groups is 1. The van der Waals surface area contributed by atoms with E-state index in [0.29, 0.717) is 5.78 Å². The van der Waals surface area contributed by atoms with E-state index in [1.807, 2.05) is 0 Å². The third kappa shape index (κ3) is 1.45. The summed E-state index contributed by atoms with van der Waals surface area (Å²) in [6, 6.07) is 0.822. The Morgan fingerprint density at radius 1 is 1.36 bits per heavy atom. The highest BCUT2D eigenvalue weighted by molar-refractivity contribution is 5.79. The molecule has 0 spiro atoms. The zero-order valence-corrected chi connectivity index (χ0v) is 7.05. The third-order valence-electron chi connectivity index (χ3n) is 2.89. The second-order valence-corrected chi connectivity index (χ2v) is 3.85. The normalized spacial score (nSPS) is 39.2. The van der Waals surface area contributed by atoms with Gasteiger partial charge in [0.15, 0.2) is 0 Å². The first-order valence-electron chi connectivity index (χ1n) is 4.53. The zero-order chi connectivity index (χ0) is 7.84. The Kier molecular flexibility index (Phi) is 1.72. The first-order valence-corrected chi connectivity index (χ1v) is 4.53. The van der Waals surface area contributed by atoms with E-state index >= 15 is 0 Å². The molecule has 2 rings (SSSR count). The summed E-state index contributed by atoms with van der Waals surface area (Å²) in [5, 5.41) is 0. The molecule has 0 radical (unpaired) electrons. The van der Waals surface area contributed by atoms with Gasteiger partial charge in [-0.2, -0.15) is 0 Å². The maximum Gasteiger partial charge on any atom is 0.135 e. The molecule has 2 aliphatic rings. The number of hydrogen-bond acceptors (Lipinski definition) is 2. The van der Waals surface area contributed by atoms with Crippen molar-refractivity contribution in [2.45, 2.75) is 32.2 Å².